The number of benzene rings is 1. The predicted molar refractivity (Wildman–Crippen MR) is 79.5 cm³/mol. The van der Waals surface area contributed by atoms with Gasteiger partial charge in [-0.2, -0.15) is 0 Å². The van der Waals surface area contributed by atoms with E-state index in [-0.39, 0.29) is 19.0 Å². The molecule has 0 aliphatic carbocycles. The summed E-state index contributed by atoms with van der Waals surface area (Å²) in [7, 11) is 0. The van der Waals surface area contributed by atoms with Crippen LogP contribution in [0.1, 0.15) is 21.8 Å². The van der Waals surface area contributed by atoms with Gasteiger partial charge in [0, 0.05) is 10.9 Å². The number of esters is 1. The van der Waals surface area contributed by atoms with Crippen molar-refractivity contribution in [2.45, 2.75) is 26.4 Å². The maximum atomic E-state index is 13.9. The van der Waals surface area contributed by atoms with E-state index >= 15 is 0 Å². The molecule has 0 aliphatic heterocycles. The van der Waals surface area contributed by atoms with E-state index in [9.17, 15) is 9.18 Å². The van der Waals surface area contributed by atoms with Gasteiger partial charge in [-0.25, -0.2) is 9.37 Å². The molecule has 112 valence electrons. The molecule has 0 spiro atoms. The van der Waals surface area contributed by atoms with Crippen LogP contribution in [-0.4, -0.2) is 17.5 Å². The normalized spacial score (nSPS) is 10.6. The maximum Gasteiger partial charge on any atom is 0.320 e. The molecule has 0 aliphatic rings. The van der Waals surface area contributed by atoms with Gasteiger partial charge in [-0.15, -0.1) is 11.3 Å². The van der Waals surface area contributed by atoms with E-state index in [1.807, 2.05) is 18.4 Å². The van der Waals surface area contributed by atoms with Crippen LogP contribution in [0, 0.1) is 12.7 Å². The summed E-state index contributed by atoms with van der Waals surface area (Å²) >= 11 is 1.61. The van der Waals surface area contributed by atoms with Gasteiger partial charge in [-0.1, -0.05) is 12.1 Å². The number of aryl methyl sites for hydroxylation is 3. The number of thiazole rings is 1. The van der Waals surface area contributed by atoms with Crippen molar-refractivity contribution in [2.75, 3.05) is 6.54 Å². The molecule has 21 heavy (non-hydrogen) atoms. The zero-order valence-electron chi connectivity index (χ0n) is 11.8. The summed E-state index contributed by atoms with van der Waals surface area (Å²) in [4.78, 5) is 15.3. The summed E-state index contributed by atoms with van der Waals surface area (Å²) in [6.45, 7) is 1.67. The van der Waals surface area contributed by atoms with Gasteiger partial charge in [0.25, 0.3) is 0 Å². The lowest BCUT2D eigenvalue weighted by Crippen LogP contribution is -2.16. The molecule has 1 aromatic heterocycles. The minimum Gasteiger partial charge on any atom is -0.460 e. The molecule has 0 radical (unpaired) electrons. The Bertz CT molecular complexity index is 628. The first-order valence-corrected chi connectivity index (χ1v) is 7.50. The Labute approximate surface area is 126 Å². The van der Waals surface area contributed by atoms with Gasteiger partial charge in [0.05, 0.1) is 17.2 Å². The van der Waals surface area contributed by atoms with Crippen LogP contribution in [0.15, 0.2) is 23.6 Å². The minimum absolute atomic E-state index is 0.0899. The van der Waals surface area contributed by atoms with Crippen LogP contribution in [0.3, 0.4) is 0 Å². The minimum atomic E-state index is -0.544. The van der Waals surface area contributed by atoms with Crippen LogP contribution in [-0.2, 0) is 29.0 Å². The van der Waals surface area contributed by atoms with E-state index in [0.717, 1.165) is 29.1 Å². The highest BCUT2D eigenvalue weighted by molar-refractivity contribution is 7.09. The SMILES string of the molecule is Cc1nc(CCc2ccc(COC(=O)CN)c(F)c2)cs1. The highest BCUT2D eigenvalue weighted by atomic mass is 32.1. The van der Waals surface area contributed by atoms with Crippen LogP contribution in [0.4, 0.5) is 4.39 Å². The third-order valence-corrected chi connectivity index (χ3v) is 3.83. The van der Waals surface area contributed by atoms with Crippen molar-refractivity contribution in [1.82, 2.24) is 4.98 Å². The van der Waals surface area contributed by atoms with E-state index in [1.165, 1.54) is 6.07 Å². The van der Waals surface area contributed by atoms with Crippen molar-refractivity contribution < 1.29 is 13.9 Å². The highest BCUT2D eigenvalue weighted by Gasteiger charge is 2.07. The fraction of sp³-hybridized carbons (Fsp3) is 0.333. The Morgan fingerprint density at radius 2 is 2.24 bits per heavy atom. The molecule has 0 atom stereocenters. The summed E-state index contributed by atoms with van der Waals surface area (Å²) in [5.41, 5.74) is 7.40. The number of hydrogen-bond acceptors (Lipinski definition) is 5. The maximum absolute atomic E-state index is 13.9. The summed E-state index contributed by atoms with van der Waals surface area (Å²) in [5.74, 6) is -0.913. The Hall–Kier alpha value is -1.79. The molecule has 0 amide bonds. The Morgan fingerprint density at radius 1 is 1.43 bits per heavy atom. The standard InChI is InChI=1S/C15H17FN2O2S/c1-10-18-13(9-21-10)5-3-11-2-4-12(14(16)6-11)8-20-15(19)7-17/h2,4,6,9H,3,5,7-8,17H2,1H3. The van der Waals surface area contributed by atoms with Crippen molar-refractivity contribution in [3.05, 3.63) is 51.2 Å². The van der Waals surface area contributed by atoms with Crippen LogP contribution in [0.25, 0.3) is 0 Å². The zero-order valence-corrected chi connectivity index (χ0v) is 12.6. The summed E-state index contributed by atoms with van der Waals surface area (Å²) < 4.78 is 18.7. The van der Waals surface area contributed by atoms with Gasteiger partial charge >= 0.3 is 5.97 Å². The summed E-state index contributed by atoms with van der Waals surface area (Å²) in [6.07, 6.45) is 1.51. The van der Waals surface area contributed by atoms with Crippen molar-refractivity contribution >= 4 is 17.3 Å². The number of rotatable bonds is 6. The lowest BCUT2D eigenvalue weighted by atomic mass is 10.1. The summed E-state index contributed by atoms with van der Waals surface area (Å²) in [6, 6.07) is 4.96. The molecule has 4 nitrogen and oxygen atoms in total. The van der Waals surface area contributed by atoms with Crippen molar-refractivity contribution in [1.29, 1.82) is 0 Å². The molecule has 1 heterocycles. The van der Waals surface area contributed by atoms with E-state index in [0.29, 0.717) is 5.56 Å². The smallest absolute Gasteiger partial charge is 0.320 e. The fourth-order valence-corrected chi connectivity index (χ4v) is 2.52. The molecule has 0 bridgehead atoms. The van der Waals surface area contributed by atoms with Gasteiger partial charge in [0.15, 0.2) is 0 Å². The molecule has 6 heteroatoms. The Kier molecular flexibility index (Phi) is 5.41. The first kappa shape index (κ1) is 15.6. The second-order valence-corrected chi connectivity index (χ2v) is 5.71. The zero-order chi connectivity index (χ0) is 15.2. The topological polar surface area (TPSA) is 65.2 Å². The predicted octanol–water partition coefficient (Wildman–Crippen LogP) is 2.38. The lowest BCUT2D eigenvalue weighted by Gasteiger charge is -2.07. The number of nitrogens with two attached hydrogens (primary N) is 1. The number of carbonyl (C=O) groups is 1. The first-order valence-electron chi connectivity index (χ1n) is 6.62. The molecule has 2 aromatic rings. The lowest BCUT2D eigenvalue weighted by molar-refractivity contribution is -0.143. The molecule has 0 saturated carbocycles. The molecular weight excluding hydrogens is 291 g/mol. The van der Waals surface area contributed by atoms with Gasteiger partial charge in [-0.05, 0) is 31.4 Å². The van der Waals surface area contributed by atoms with Gasteiger partial charge < -0.3 is 10.5 Å². The average Bonchev–Trinajstić information content (AvgIpc) is 2.89. The average molecular weight is 308 g/mol. The monoisotopic (exact) mass is 308 g/mol. The number of nitrogens with zero attached hydrogens (tertiary/aromatic N) is 1. The quantitative estimate of drug-likeness (QED) is 0.832. The second kappa shape index (κ2) is 7.28. The van der Waals surface area contributed by atoms with Gasteiger partial charge in [-0.3, -0.25) is 4.79 Å². The molecule has 0 unspecified atom stereocenters. The third kappa shape index (κ3) is 4.61. The van der Waals surface area contributed by atoms with Crippen molar-refractivity contribution in [2.24, 2.45) is 5.73 Å². The second-order valence-electron chi connectivity index (χ2n) is 4.65. The van der Waals surface area contributed by atoms with E-state index in [1.54, 1.807) is 17.4 Å². The Morgan fingerprint density at radius 3 is 2.86 bits per heavy atom. The number of hydrogen-bond donors (Lipinski definition) is 1. The number of halogens is 1. The molecule has 0 fully saturated rings. The van der Waals surface area contributed by atoms with Crippen molar-refractivity contribution in [3.8, 4) is 0 Å². The van der Waals surface area contributed by atoms with Crippen LogP contribution in [0.2, 0.25) is 0 Å². The van der Waals surface area contributed by atoms with Crippen LogP contribution >= 0.6 is 11.3 Å². The van der Waals surface area contributed by atoms with Crippen molar-refractivity contribution in [3.63, 3.8) is 0 Å². The van der Waals surface area contributed by atoms with E-state index in [2.05, 4.69) is 4.98 Å². The molecular formula is C15H17FN2O2S. The Balaban J connectivity index is 1.93. The third-order valence-electron chi connectivity index (χ3n) is 3.01. The largest absolute Gasteiger partial charge is 0.460 e. The van der Waals surface area contributed by atoms with Gasteiger partial charge in [0.1, 0.15) is 12.4 Å². The first-order chi connectivity index (χ1) is 10.1. The molecule has 0 saturated heterocycles. The molecule has 1 aromatic carbocycles. The number of ether oxygens (including phenoxy) is 1. The van der Waals surface area contributed by atoms with Crippen LogP contribution in [0.5, 0.6) is 0 Å². The van der Waals surface area contributed by atoms with Gasteiger partial charge in [0.2, 0.25) is 0 Å². The molecule has 2 rings (SSSR count). The summed E-state index contributed by atoms with van der Waals surface area (Å²) in [5, 5.41) is 3.06. The number of aromatic nitrogens is 1. The number of carbonyl (C=O) groups excluding carboxylic acids is 1. The highest BCUT2D eigenvalue weighted by Crippen LogP contribution is 2.15. The van der Waals surface area contributed by atoms with E-state index < -0.39 is 5.97 Å². The van der Waals surface area contributed by atoms with Crippen LogP contribution < -0.4 is 5.73 Å². The molecule has 2 N–H and O–H groups in total. The van der Waals surface area contributed by atoms with E-state index in [4.69, 9.17) is 10.5 Å². The fourth-order valence-electron chi connectivity index (χ4n) is 1.88.